The van der Waals surface area contributed by atoms with Crippen molar-refractivity contribution >= 4 is 22.4 Å². The minimum atomic E-state index is -0.496. The average molecular weight is 461 g/mol. The van der Waals surface area contributed by atoms with Gasteiger partial charge in [-0.3, -0.25) is 14.5 Å². The SMILES string of the molecule is Cc1noc(-c2c(N)ncnc2N[C@@H](C)c2cc3ccc(F)cc3c(=O)n2-c2cc(C)[nH]n2)n1. The summed E-state index contributed by atoms with van der Waals surface area (Å²) in [7, 11) is 0. The molecule has 0 fully saturated rings. The number of benzene rings is 1. The molecule has 0 aliphatic carbocycles. The number of H-pyrrole nitrogens is 1. The van der Waals surface area contributed by atoms with Crippen molar-refractivity contribution in [3.8, 4) is 17.3 Å². The standard InChI is InChI=1S/C22H20FN9O2/c1-10-6-17(30-29-10)32-16(7-13-4-5-14(23)8-15(13)22(32)33)11(2)27-20-18(19(24)25-9-26-20)21-28-12(3)31-34-21/h4-9,11H,1-3H3,(H,29,30)(H3,24,25,26,27)/t11-/m0/s1. The Kier molecular flexibility index (Phi) is 5.04. The molecule has 34 heavy (non-hydrogen) atoms. The summed E-state index contributed by atoms with van der Waals surface area (Å²) in [5.74, 6) is 0.987. The molecule has 0 amide bonds. The lowest BCUT2D eigenvalue weighted by atomic mass is 10.1. The number of nitrogens with zero attached hydrogens (tertiary/aromatic N) is 6. The summed E-state index contributed by atoms with van der Waals surface area (Å²) >= 11 is 0. The number of aryl methyl sites for hydroxylation is 2. The van der Waals surface area contributed by atoms with Crippen molar-refractivity contribution in [3.05, 3.63) is 70.0 Å². The molecule has 0 aliphatic rings. The van der Waals surface area contributed by atoms with E-state index in [0.717, 1.165) is 5.69 Å². The smallest absolute Gasteiger partial charge is 0.265 e. The van der Waals surface area contributed by atoms with Gasteiger partial charge in [-0.05, 0) is 44.4 Å². The molecule has 0 spiro atoms. The number of aromatic nitrogens is 7. The van der Waals surface area contributed by atoms with Gasteiger partial charge in [-0.15, -0.1) is 0 Å². The van der Waals surface area contributed by atoms with Crippen molar-refractivity contribution in [3.63, 3.8) is 0 Å². The molecule has 0 bridgehead atoms. The summed E-state index contributed by atoms with van der Waals surface area (Å²) in [5, 5.41) is 15.0. The molecule has 1 atom stereocenters. The first-order chi connectivity index (χ1) is 16.3. The van der Waals surface area contributed by atoms with E-state index in [4.69, 9.17) is 10.3 Å². The molecule has 0 aliphatic heterocycles. The van der Waals surface area contributed by atoms with Gasteiger partial charge in [-0.1, -0.05) is 11.2 Å². The quantitative estimate of drug-likeness (QED) is 0.358. The molecule has 5 aromatic rings. The minimum absolute atomic E-state index is 0.155. The van der Waals surface area contributed by atoms with Crippen LogP contribution in [0.25, 0.3) is 28.0 Å². The Hall–Kier alpha value is -4.61. The summed E-state index contributed by atoms with van der Waals surface area (Å²) in [5.41, 5.74) is 7.38. The van der Waals surface area contributed by atoms with Crippen molar-refractivity contribution in [1.82, 2.24) is 34.9 Å². The Morgan fingerprint density at radius 2 is 2.03 bits per heavy atom. The van der Waals surface area contributed by atoms with Crippen LogP contribution in [-0.2, 0) is 0 Å². The molecule has 0 saturated carbocycles. The molecule has 0 saturated heterocycles. The van der Waals surface area contributed by atoms with Crippen LogP contribution in [0.15, 0.2) is 46.0 Å². The number of rotatable bonds is 5. The highest BCUT2D eigenvalue weighted by Gasteiger charge is 2.23. The topological polar surface area (TPSA) is 153 Å². The van der Waals surface area contributed by atoms with Gasteiger partial charge in [0.05, 0.1) is 17.1 Å². The summed E-state index contributed by atoms with van der Waals surface area (Å²) in [6.45, 7) is 5.36. The van der Waals surface area contributed by atoms with Crippen LogP contribution in [-0.4, -0.2) is 34.9 Å². The molecule has 4 aromatic heterocycles. The molecule has 11 nitrogen and oxygen atoms in total. The summed E-state index contributed by atoms with van der Waals surface area (Å²) in [4.78, 5) is 26.0. The van der Waals surface area contributed by atoms with Gasteiger partial charge < -0.3 is 15.6 Å². The van der Waals surface area contributed by atoms with E-state index in [2.05, 4.69) is 35.6 Å². The van der Waals surface area contributed by atoms with Crippen LogP contribution in [0, 0.1) is 19.7 Å². The molecular weight excluding hydrogens is 441 g/mol. The second-order valence-electron chi connectivity index (χ2n) is 7.85. The van der Waals surface area contributed by atoms with Crippen LogP contribution in [0.5, 0.6) is 0 Å². The van der Waals surface area contributed by atoms with E-state index in [1.165, 1.54) is 23.0 Å². The number of aromatic amines is 1. The highest BCUT2D eigenvalue weighted by Crippen LogP contribution is 2.32. The normalized spacial score (nSPS) is 12.2. The molecule has 0 radical (unpaired) electrons. The number of halogens is 1. The lowest BCUT2D eigenvalue weighted by molar-refractivity contribution is 0.425. The average Bonchev–Trinajstić information content (AvgIpc) is 3.42. The predicted molar refractivity (Wildman–Crippen MR) is 123 cm³/mol. The fourth-order valence-corrected chi connectivity index (χ4v) is 3.77. The molecule has 172 valence electrons. The van der Waals surface area contributed by atoms with Gasteiger partial charge in [0.2, 0.25) is 0 Å². The van der Waals surface area contributed by atoms with Gasteiger partial charge in [0.15, 0.2) is 11.6 Å². The Labute approximate surface area is 191 Å². The minimum Gasteiger partial charge on any atom is -0.383 e. The van der Waals surface area contributed by atoms with Crippen LogP contribution in [0.1, 0.15) is 30.2 Å². The van der Waals surface area contributed by atoms with Crippen LogP contribution in [0.3, 0.4) is 0 Å². The third kappa shape index (κ3) is 3.64. The lowest BCUT2D eigenvalue weighted by Gasteiger charge is -2.21. The van der Waals surface area contributed by atoms with E-state index in [1.54, 1.807) is 25.1 Å². The molecule has 4 N–H and O–H groups in total. The number of nitrogens with one attached hydrogen (secondary N) is 2. The number of fused-ring (bicyclic) bond motifs is 1. The summed E-state index contributed by atoms with van der Waals surface area (Å²) in [6.07, 6.45) is 1.31. The third-order valence-electron chi connectivity index (χ3n) is 5.35. The van der Waals surface area contributed by atoms with Crippen LogP contribution in [0.4, 0.5) is 16.0 Å². The maximum absolute atomic E-state index is 13.9. The third-order valence-corrected chi connectivity index (χ3v) is 5.35. The van der Waals surface area contributed by atoms with Crippen molar-refractivity contribution in [1.29, 1.82) is 0 Å². The van der Waals surface area contributed by atoms with Crippen LogP contribution < -0.4 is 16.6 Å². The van der Waals surface area contributed by atoms with E-state index in [9.17, 15) is 9.18 Å². The lowest BCUT2D eigenvalue weighted by Crippen LogP contribution is -2.26. The highest BCUT2D eigenvalue weighted by atomic mass is 19.1. The number of nitrogen functional groups attached to an aromatic ring is 1. The fourth-order valence-electron chi connectivity index (χ4n) is 3.77. The molecule has 1 aromatic carbocycles. The zero-order chi connectivity index (χ0) is 24.0. The Bertz CT molecular complexity index is 1590. The zero-order valence-electron chi connectivity index (χ0n) is 18.5. The molecular formula is C22H20FN9O2. The highest BCUT2D eigenvalue weighted by molar-refractivity contribution is 5.83. The molecule has 0 unspecified atom stereocenters. The van der Waals surface area contributed by atoms with Gasteiger partial charge in [-0.2, -0.15) is 10.1 Å². The zero-order valence-corrected chi connectivity index (χ0v) is 18.5. The number of hydrogen-bond acceptors (Lipinski definition) is 9. The van der Waals surface area contributed by atoms with Crippen molar-refractivity contribution in [2.45, 2.75) is 26.8 Å². The van der Waals surface area contributed by atoms with E-state index in [-0.39, 0.29) is 17.1 Å². The number of hydrogen-bond donors (Lipinski definition) is 3. The van der Waals surface area contributed by atoms with Gasteiger partial charge in [0.25, 0.3) is 11.4 Å². The molecule has 5 rings (SSSR count). The van der Waals surface area contributed by atoms with E-state index in [1.807, 2.05) is 13.8 Å². The van der Waals surface area contributed by atoms with Crippen molar-refractivity contribution in [2.75, 3.05) is 11.1 Å². The number of anilines is 2. The first kappa shape index (κ1) is 21.2. The molecule has 12 heteroatoms. The van der Waals surface area contributed by atoms with Crippen LogP contribution in [0.2, 0.25) is 0 Å². The predicted octanol–water partition coefficient (Wildman–Crippen LogP) is 3.07. The van der Waals surface area contributed by atoms with Gasteiger partial charge >= 0.3 is 0 Å². The Morgan fingerprint density at radius 1 is 1.21 bits per heavy atom. The van der Waals surface area contributed by atoms with Gasteiger partial charge in [-0.25, -0.2) is 14.4 Å². The number of pyridine rings is 1. The largest absolute Gasteiger partial charge is 0.383 e. The van der Waals surface area contributed by atoms with Crippen molar-refractivity contribution < 1.29 is 8.91 Å². The first-order valence-corrected chi connectivity index (χ1v) is 10.4. The summed E-state index contributed by atoms with van der Waals surface area (Å²) < 4.78 is 20.6. The maximum atomic E-state index is 13.9. The Balaban J connectivity index is 1.66. The van der Waals surface area contributed by atoms with E-state index in [0.29, 0.717) is 34.1 Å². The Morgan fingerprint density at radius 3 is 2.74 bits per heavy atom. The second-order valence-corrected chi connectivity index (χ2v) is 7.85. The molecule has 4 heterocycles. The van der Waals surface area contributed by atoms with E-state index >= 15 is 0 Å². The van der Waals surface area contributed by atoms with E-state index < -0.39 is 17.4 Å². The summed E-state index contributed by atoms with van der Waals surface area (Å²) in [6, 6.07) is 7.16. The fraction of sp³-hybridized carbons (Fsp3) is 0.182. The monoisotopic (exact) mass is 461 g/mol. The van der Waals surface area contributed by atoms with Gasteiger partial charge in [0.1, 0.15) is 29.3 Å². The first-order valence-electron chi connectivity index (χ1n) is 10.4. The van der Waals surface area contributed by atoms with Crippen LogP contribution >= 0.6 is 0 Å². The maximum Gasteiger partial charge on any atom is 0.265 e. The number of nitrogens with two attached hydrogens (primary N) is 1. The second kappa shape index (κ2) is 8.06. The van der Waals surface area contributed by atoms with Gasteiger partial charge in [0, 0.05) is 11.8 Å². The van der Waals surface area contributed by atoms with Crippen molar-refractivity contribution in [2.24, 2.45) is 0 Å².